The lowest BCUT2D eigenvalue weighted by atomic mass is 9.54. The van der Waals surface area contributed by atoms with Crippen molar-refractivity contribution in [1.29, 1.82) is 0 Å². The normalized spacial score (nSPS) is 27.2. The van der Waals surface area contributed by atoms with Crippen LogP contribution in [-0.4, -0.2) is 35.3 Å². The van der Waals surface area contributed by atoms with Crippen LogP contribution in [-0.2, 0) is 24.1 Å². The van der Waals surface area contributed by atoms with Gasteiger partial charge >= 0.3 is 0 Å². The van der Waals surface area contributed by atoms with Crippen molar-refractivity contribution in [2.24, 2.45) is 17.8 Å². The highest BCUT2D eigenvalue weighted by molar-refractivity contribution is 6.36. The van der Waals surface area contributed by atoms with E-state index < -0.39 is 45.3 Å². The number of nitrogens with zero attached hydrogens (tertiary/aromatic N) is 1. The summed E-state index contributed by atoms with van der Waals surface area (Å²) in [7, 11) is 0. The summed E-state index contributed by atoms with van der Waals surface area (Å²) in [6.45, 7) is 6.05. The fourth-order valence-corrected chi connectivity index (χ4v) is 7.80. The zero-order chi connectivity index (χ0) is 27.7. The topological polar surface area (TPSA) is 75.7 Å². The highest BCUT2D eigenvalue weighted by atomic mass is 35.5. The van der Waals surface area contributed by atoms with Gasteiger partial charge in [0.25, 0.3) is 0 Å². The molecule has 4 aliphatic rings. The molecule has 2 bridgehead atoms. The van der Waals surface area contributed by atoms with Crippen molar-refractivity contribution in [3.8, 4) is 5.75 Å². The van der Waals surface area contributed by atoms with Gasteiger partial charge in [-0.25, -0.2) is 0 Å². The second-order valence-electron chi connectivity index (χ2n) is 10.7. The number of imide groups is 1. The van der Waals surface area contributed by atoms with Gasteiger partial charge in [-0.15, -0.1) is 23.2 Å². The van der Waals surface area contributed by atoms with Crippen molar-refractivity contribution < 1.29 is 19.1 Å². The number of nitrogens with one attached hydrogen (secondary N) is 1. The first-order chi connectivity index (χ1) is 18.6. The van der Waals surface area contributed by atoms with Crippen molar-refractivity contribution in [3.63, 3.8) is 0 Å². The van der Waals surface area contributed by atoms with E-state index in [1.165, 1.54) is 0 Å². The summed E-state index contributed by atoms with van der Waals surface area (Å²) in [5.41, 5.74) is 3.44. The number of likely N-dealkylation sites (tertiary alicyclic amines) is 1. The number of carbonyl (C=O) groups is 3. The molecule has 7 rings (SSSR count). The fraction of sp³-hybridized carbons (Fsp3) is 0.323. The molecule has 0 radical (unpaired) electrons. The maximum absolute atomic E-state index is 14.3. The molecular weight excluding hydrogens is 535 g/mol. The molecular formula is C31H28Cl2N2O4. The van der Waals surface area contributed by atoms with Crippen LogP contribution in [0, 0.1) is 17.8 Å². The SMILES string of the molecule is CCOc1ccc(NC(=O)[C@H](C(C)C)N2C(=O)[C@@H]3[C@H](C2=O)C2(Cl)c4ccccc4C3(Cl)c3ccccc32)cc1. The van der Waals surface area contributed by atoms with Crippen LogP contribution in [0.3, 0.4) is 0 Å². The van der Waals surface area contributed by atoms with Gasteiger partial charge in [-0.1, -0.05) is 62.4 Å². The number of ether oxygens (including phenoxy) is 1. The van der Waals surface area contributed by atoms with Gasteiger partial charge < -0.3 is 10.1 Å². The predicted octanol–water partition coefficient (Wildman–Crippen LogP) is 5.64. The summed E-state index contributed by atoms with van der Waals surface area (Å²) in [5.74, 6) is -2.99. The Morgan fingerprint density at radius 3 is 1.67 bits per heavy atom. The van der Waals surface area contributed by atoms with E-state index in [1.54, 1.807) is 24.3 Å². The largest absolute Gasteiger partial charge is 0.494 e. The number of carbonyl (C=O) groups excluding carboxylic acids is 3. The Morgan fingerprint density at radius 2 is 1.28 bits per heavy atom. The van der Waals surface area contributed by atoms with E-state index in [1.807, 2.05) is 69.3 Å². The van der Waals surface area contributed by atoms with E-state index in [9.17, 15) is 14.4 Å². The van der Waals surface area contributed by atoms with E-state index in [4.69, 9.17) is 27.9 Å². The van der Waals surface area contributed by atoms with E-state index in [0.717, 1.165) is 27.2 Å². The van der Waals surface area contributed by atoms with Crippen LogP contribution in [0.5, 0.6) is 5.75 Å². The van der Waals surface area contributed by atoms with Crippen molar-refractivity contribution in [1.82, 2.24) is 4.90 Å². The summed E-state index contributed by atoms with van der Waals surface area (Å²) >= 11 is 15.0. The zero-order valence-electron chi connectivity index (χ0n) is 21.8. The van der Waals surface area contributed by atoms with Crippen molar-refractivity contribution in [2.75, 3.05) is 11.9 Å². The number of halogens is 2. The Hall–Kier alpha value is -3.35. The van der Waals surface area contributed by atoms with Crippen molar-refractivity contribution >= 4 is 46.6 Å². The number of rotatable bonds is 6. The van der Waals surface area contributed by atoms with Crippen LogP contribution in [0.1, 0.15) is 43.0 Å². The van der Waals surface area contributed by atoms with Crippen LogP contribution < -0.4 is 10.1 Å². The number of alkyl halides is 2. The fourth-order valence-electron chi connectivity index (χ4n) is 6.70. The number of amides is 3. The Labute approximate surface area is 237 Å². The lowest BCUT2D eigenvalue weighted by molar-refractivity contribution is -0.148. The lowest BCUT2D eigenvalue weighted by Crippen LogP contribution is -2.57. The minimum atomic E-state index is -1.29. The van der Waals surface area contributed by atoms with Gasteiger partial charge in [-0.2, -0.15) is 0 Å². The average molecular weight is 563 g/mol. The standard InChI is InChI=1S/C31H28Cl2N2O4/c1-4-39-19-15-13-18(14-16-19)34-27(36)26(17(2)3)35-28(37)24-25(29(35)38)31(33)21-10-6-5-9-20(21)30(24,32)22-11-7-8-12-23(22)31/h5-17,24-26H,4H2,1-3H3,(H,34,36)/t24-,25+,26-,30?,31?/m0/s1. The second-order valence-corrected chi connectivity index (χ2v) is 11.8. The Morgan fingerprint density at radius 1 is 0.846 bits per heavy atom. The zero-order valence-corrected chi connectivity index (χ0v) is 23.3. The molecule has 8 heteroatoms. The van der Waals surface area contributed by atoms with Crippen molar-refractivity contribution in [3.05, 3.63) is 95.1 Å². The summed E-state index contributed by atoms with van der Waals surface area (Å²) in [4.78, 5) is 40.8. The van der Waals surface area contributed by atoms with Gasteiger partial charge in [0.1, 0.15) is 21.5 Å². The maximum atomic E-state index is 14.3. The molecule has 3 atom stereocenters. The van der Waals surface area contributed by atoms with E-state index in [-0.39, 0.29) is 5.92 Å². The van der Waals surface area contributed by atoms with Crippen LogP contribution in [0.15, 0.2) is 72.8 Å². The number of anilines is 1. The number of benzene rings is 3. The first-order valence-electron chi connectivity index (χ1n) is 13.1. The van der Waals surface area contributed by atoms with Crippen LogP contribution >= 0.6 is 23.2 Å². The lowest BCUT2D eigenvalue weighted by Gasteiger charge is -2.54. The summed E-state index contributed by atoms with van der Waals surface area (Å²) in [6.07, 6.45) is 0. The predicted molar refractivity (Wildman–Crippen MR) is 150 cm³/mol. The quantitative estimate of drug-likeness (QED) is 0.311. The molecule has 200 valence electrons. The van der Waals surface area contributed by atoms with Gasteiger partial charge in [0.05, 0.1) is 18.4 Å². The molecule has 1 N–H and O–H groups in total. The molecule has 39 heavy (non-hydrogen) atoms. The van der Waals surface area contributed by atoms with Crippen LogP contribution in [0.2, 0.25) is 0 Å². The number of hydrogen-bond donors (Lipinski definition) is 1. The smallest absolute Gasteiger partial charge is 0.247 e. The Kier molecular flexibility index (Phi) is 6.05. The molecule has 1 fully saturated rings. The van der Waals surface area contributed by atoms with E-state index >= 15 is 0 Å². The van der Waals surface area contributed by atoms with Gasteiger partial charge in [-0.3, -0.25) is 19.3 Å². The van der Waals surface area contributed by atoms with Gasteiger partial charge in [0.2, 0.25) is 17.7 Å². The first kappa shape index (κ1) is 25.9. The third-order valence-corrected chi connectivity index (χ3v) is 9.52. The summed E-state index contributed by atoms with van der Waals surface area (Å²) in [5, 5.41) is 2.88. The summed E-state index contributed by atoms with van der Waals surface area (Å²) < 4.78 is 5.48. The van der Waals surface area contributed by atoms with Gasteiger partial charge in [0, 0.05) is 5.69 Å². The molecule has 0 unspecified atom stereocenters. The molecule has 1 aliphatic heterocycles. The molecule has 1 heterocycles. The second kappa shape index (κ2) is 9.10. The molecule has 0 spiro atoms. The molecule has 3 aromatic carbocycles. The minimum Gasteiger partial charge on any atom is -0.494 e. The van der Waals surface area contributed by atoms with E-state index in [0.29, 0.717) is 18.0 Å². The minimum absolute atomic E-state index is 0.360. The highest BCUT2D eigenvalue weighted by Gasteiger charge is 2.73. The molecule has 1 saturated heterocycles. The maximum Gasteiger partial charge on any atom is 0.247 e. The molecule has 3 aliphatic carbocycles. The van der Waals surface area contributed by atoms with Gasteiger partial charge in [-0.05, 0) is 59.4 Å². The Balaban J connectivity index is 1.42. The summed E-state index contributed by atoms with van der Waals surface area (Å²) in [6, 6.07) is 20.9. The monoisotopic (exact) mass is 562 g/mol. The molecule has 3 aromatic rings. The van der Waals surface area contributed by atoms with Crippen LogP contribution in [0.25, 0.3) is 0 Å². The highest BCUT2D eigenvalue weighted by Crippen LogP contribution is 2.69. The molecule has 0 aromatic heterocycles. The molecule has 6 nitrogen and oxygen atoms in total. The first-order valence-corrected chi connectivity index (χ1v) is 13.9. The average Bonchev–Trinajstić information content (AvgIpc) is 3.19. The number of hydrogen-bond acceptors (Lipinski definition) is 4. The van der Waals surface area contributed by atoms with Crippen molar-refractivity contribution in [2.45, 2.75) is 36.6 Å². The third-order valence-electron chi connectivity index (χ3n) is 8.23. The third kappa shape index (κ3) is 3.44. The Bertz CT molecular complexity index is 1380. The molecule has 0 saturated carbocycles. The van der Waals surface area contributed by atoms with Gasteiger partial charge in [0.15, 0.2) is 0 Å². The van der Waals surface area contributed by atoms with Crippen LogP contribution in [0.4, 0.5) is 5.69 Å². The van der Waals surface area contributed by atoms with E-state index in [2.05, 4.69) is 5.32 Å². The molecule has 3 amide bonds.